The Morgan fingerprint density at radius 3 is 2.82 bits per heavy atom. The van der Waals surface area contributed by atoms with Gasteiger partial charge < -0.3 is 10.5 Å². The van der Waals surface area contributed by atoms with Gasteiger partial charge in [0.25, 0.3) is 0 Å². The highest BCUT2D eigenvalue weighted by molar-refractivity contribution is 5.41. The van der Waals surface area contributed by atoms with Crippen molar-refractivity contribution in [1.29, 1.82) is 0 Å². The molecular weight excluding hydrogens is 272 g/mol. The van der Waals surface area contributed by atoms with Crippen molar-refractivity contribution >= 4 is 0 Å². The fraction of sp³-hybridized carbons (Fsp3) is 0.368. The van der Waals surface area contributed by atoms with Crippen LogP contribution in [0.1, 0.15) is 22.6 Å². The van der Waals surface area contributed by atoms with Crippen molar-refractivity contribution in [3.05, 3.63) is 65.2 Å². The van der Waals surface area contributed by atoms with Crippen LogP contribution in [0.5, 0.6) is 5.75 Å². The van der Waals surface area contributed by atoms with E-state index in [0.717, 1.165) is 38.4 Å². The van der Waals surface area contributed by atoms with E-state index in [-0.39, 0.29) is 6.04 Å². The van der Waals surface area contributed by atoms with Crippen molar-refractivity contribution in [3.63, 3.8) is 0 Å². The van der Waals surface area contributed by atoms with Gasteiger partial charge in [-0.05, 0) is 22.8 Å². The molecule has 3 heteroatoms. The number of hydrogen-bond acceptors (Lipinski definition) is 3. The summed E-state index contributed by atoms with van der Waals surface area (Å²) in [4.78, 5) is 2.47. The number of rotatable bonds is 3. The minimum Gasteiger partial charge on any atom is -0.493 e. The Morgan fingerprint density at radius 2 is 1.95 bits per heavy atom. The fourth-order valence-electron chi connectivity index (χ4n) is 3.67. The molecule has 0 aromatic heterocycles. The highest BCUT2D eigenvalue weighted by Crippen LogP contribution is 2.33. The van der Waals surface area contributed by atoms with Gasteiger partial charge in [-0.3, -0.25) is 4.90 Å². The molecule has 2 aromatic rings. The van der Waals surface area contributed by atoms with Crippen LogP contribution < -0.4 is 10.5 Å². The van der Waals surface area contributed by atoms with E-state index in [1.165, 1.54) is 16.7 Å². The summed E-state index contributed by atoms with van der Waals surface area (Å²) in [5.41, 5.74) is 10.5. The Hall–Kier alpha value is -1.84. The van der Waals surface area contributed by atoms with Crippen LogP contribution in [0.25, 0.3) is 0 Å². The minimum absolute atomic E-state index is 0.212. The average molecular weight is 294 g/mol. The second-order valence-corrected chi connectivity index (χ2v) is 6.42. The number of hydrogen-bond donors (Lipinski definition) is 1. The lowest BCUT2D eigenvalue weighted by Crippen LogP contribution is -2.28. The zero-order valence-corrected chi connectivity index (χ0v) is 12.7. The van der Waals surface area contributed by atoms with Gasteiger partial charge >= 0.3 is 0 Å². The molecule has 2 N–H and O–H groups in total. The SMILES string of the molecule is NC1CN(Cc2ccccc2)CC1c1ccc2c(c1)CCO2. The van der Waals surface area contributed by atoms with Gasteiger partial charge in [-0.15, -0.1) is 0 Å². The lowest BCUT2D eigenvalue weighted by atomic mass is 9.93. The molecule has 4 rings (SSSR count). The number of nitrogens with two attached hydrogens (primary N) is 1. The zero-order valence-electron chi connectivity index (χ0n) is 12.7. The van der Waals surface area contributed by atoms with E-state index in [0.29, 0.717) is 5.92 Å². The third-order valence-electron chi connectivity index (χ3n) is 4.83. The van der Waals surface area contributed by atoms with E-state index in [4.69, 9.17) is 10.5 Å². The Bertz CT molecular complexity index is 656. The summed E-state index contributed by atoms with van der Waals surface area (Å²) < 4.78 is 5.60. The molecule has 2 atom stereocenters. The molecule has 3 nitrogen and oxygen atoms in total. The van der Waals surface area contributed by atoms with Crippen LogP contribution in [-0.4, -0.2) is 30.6 Å². The molecule has 0 bridgehead atoms. The van der Waals surface area contributed by atoms with Crippen molar-refractivity contribution < 1.29 is 4.74 Å². The molecule has 2 aromatic carbocycles. The lowest BCUT2D eigenvalue weighted by molar-refractivity contribution is 0.324. The first-order chi connectivity index (χ1) is 10.8. The maximum atomic E-state index is 6.43. The number of nitrogens with zero attached hydrogens (tertiary/aromatic N) is 1. The van der Waals surface area contributed by atoms with Crippen molar-refractivity contribution in [3.8, 4) is 5.75 Å². The summed E-state index contributed by atoms with van der Waals surface area (Å²) in [5.74, 6) is 1.48. The largest absolute Gasteiger partial charge is 0.493 e. The van der Waals surface area contributed by atoms with Crippen LogP contribution in [0, 0.1) is 0 Å². The minimum atomic E-state index is 0.212. The second kappa shape index (κ2) is 5.75. The van der Waals surface area contributed by atoms with Gasteiger partial charge in [-0.1, -0.05) is 42.5 Å². The van der Waals surface area contributed by atoms with E-state index in [1.54, 1.807) is 0 Å². The fourth-order valence-corrected chi connectivity index (χ4v) is 3.67. The monoisotopic (exact) mass is 294 g/mol. The molecule has 0 spiro atoms. The molecule has 1 saturated heterocycles. The quantitative estimate of drug-likeness (QED) is 0.945. The van der Waals surface area contributed by atoms with Gasteiger partial charge in [0.2, 0.25) is 0 Å². The number of benzene rings is 2. The number of ether oxygens (including phenoxy) is 1. The van der Waals surface area contributed by atoms with Gasteiger partial charge in [0.15, 0.2) is 0 Å². The van der Waals surface area contributed by atoms with Gasteiger partial charge in [-0.2, -0.15) is 0 Å². The van der Waals surface area contributed by atoms with Crippen molar-refractivity contribution in [2.24, 2.45) is 5.73 Å². The summed E-state index contributed by atoms with van der Waals surface area (Å²) >= 11 is 0. The molecule has 2 aliphatic rings. The molecule has 2 unspecified atom stereocenters. The third-order valence-corrected chi connectivity index (χ3v) is 4.83. The van der Waals surface area contributed by atoms with E-state index in [2.05, 4.69) is 53.4 Å². The standard InChI is InChI=1S/C19H22N2O/c20-18-13-21(11-14-4-2-1-3-5-14)12-17(18)15-6-7-19-16(10-15)8-9-22-19/h1-7,10,17-18H,8-9,11-13,20H2. The molecule has 0 radical (unpaired) electrons. The predicted octanol–water partition coefficient (Wildman–Crippen LogP) is 2.55. The Kier molecular flexibility index (Phi) is 3.60. The Morgan fingerprint density at radius 1 is 1.09 bits per heavy atom. The normalized spacial score (nSPS) is 24.2. The highest BCUT2D eigenvalue weighted by Gasteiger charge is 2.31. The smallest absolute Gasteiger partial charge is 0.122 e. The van der Waals surface area contributed by atoms with Crippen LogP contribution in [0.4, 0.5) is 0 Å². The van der Waals surface area contributed by atoms with Crippen LogP contribution in [0.2, 0.25) is 0 Å². The van der Waals surface area contributed by atoms with Crippen molar-refractivity contribution in [2.75, 3.05) is 19.7 Å². The summed E-state index contributed by atoms with van der Waals surface area (Å²) in [6.45, 7) is 3.80. The molecule has 0 saturated carbocycles. The molecule has 1 fully saturated rings. The maximum absolute atomic E-state index is 6.43. The van der Waals surface area contributed by atoms with Gasteiger partial charge in [0, 0.05) is 38.0 Å². The first kappa shape index (κ1) is 13.8. The van der Waals surface area contributed by atoms with Crippen molar-refractivity contribution in [2.45, 2.75) is 24.9 Å². The topological polar surface area (TPSA) is 38.5 Å². The summed E-state index contributed by atoms with van der Waals surface area (Å²) in [5, 5.41) is 0. The van der Waals surface area contributed by atoms with Crippen LogP contribution in [0.3, 0.4) is 0 Å². The van der Waals surface area contributed by atoms with Crippen LogP contribution in [-0.2, 0) is 13.0 Å². The third kappa shape index (κ3) is 2.62. The maximum Gasteiger partial charge on any atom is 0.122 e. The molecule has 0 amide bonds. The van der Waals surface area contributed by atoms with Gasteiger partial charge in [-0.25, -0.2) is 0 Å². The number of fused-ring (bicyclic) bond motifs is 1. The van der Waals surface area contributed by atoms with Gasteiger partial charge in [0.05, 0.1) is 6.61 Å². The van der Waals surface area contributed by atoms with E-state index in [9.17, 15) is 0 Å². The van der Waals surface area contributed by atoms with E-state index in [1.807, 2.05) is 0 Å². The summed E-state index contributed by atoms with van der Waals surface area (Å²) in [6, 6.07) is 17.5. The average Bonchev–Trinajstić information content (AvgIpc) is 3.14. The summed E-state index contributed by atoms with van der Waals surface area (Å²) in [6.07, 6.45) is 1.03. The second-order valence-electron chi connectivity index (χ2n) is 6.42. The van der Waals surface area contributed by atoms with E-state index >= 15 is 0 Å². The molecule has 0 aliphatic carbocycles. The molecular formula is C19H22N2O. The van der Waals surface area contributed by atoms with Crippen molar-refractivity contribution in [1.82, 2.24) is 4.90 Å². The first-order valence-corrected chi connectivity index (χ1v) is 8.07. The zero-order chi connectivity index (χ0) is 14.9. The van der Waals surface area contributed by atoms with Crippen LogP contribution in [0.15, 0.2) is 48.5 Å². The Balaban J connectivity index is 1.49. The van der Waals surface area contributed by atoms with E-state index < -0.39 is 0 Å². The molecule has 2 aliphatic heterocycles. The molecule has 2 heterocycles. The first-order valence-electron chi connectivity index (χ1n) is 8.07. The molecule has 114 valence electrons. The number of likely N-dealkylation sites (tertiary alicyclic amines) is 1. The van der Waals surface area contributed by atoms with Gasteiger partial charge in [0.1, 0.15) is 5.75 Å². The Labute approximate surface area is 131 Å². The summed E-state index contributed by atoms with van der Waals surface area (Å²) in [7, 11) is 0. The highest BCUT2D eigenvalue weighted by atomic mass is 16.5. The molecule has 22 heavy (non-hydrogen) atoms. The predicted molar refractivity (Wildman–Crippen MR) is 88.1 cm³/mol. The lowest BCUT2D eigenvalue weighted by Gasteiger charge is -2.16. The van der Waals surface area contributed by atoms with Crippen LogP contribution >= 0.6 is 0 Å².